The lowest BCUT2D eigenvalue weighted by Crippen LogP contribution is -2.55. The van der Waals surface area contributed by atoms with Gasteiger partial charge in [-0.15, -0.1) is 0 Å². The molecule has 13 nitrogen and oxygen atoms in total. The highest BCUT2D eigenvalue weighted by molar-refractivity contribution is 5.69. The van der Waals surface area contributed by atoms with Gasteiger partial charge in [-0.05, 0) is 76.4 Å². The molecule has 2 saturated heterocycles. The molecule has 0 bridgehead atoms. The normalized spacial score (nSPS) is 20.3. The van der Waals surface area contributed by atoms with Crippen LogP contribution in [0.15, 0.2) is 23.1 Å². The number of benzene rings is 1. The Morgan fingerprint density at radius 3 is 2.78 bits per heavy atom. The average molecular weight is 567 g/mol. The molecule has 3 aromatic rings. The van der Waals surface area contributed by atoms with Crippen LogP contribution in [0, 0.1) is 12.4 Å². The van der Waals surface area contributed by atoms with Gasteiger partial charge in [0.2, 0.25) is 11.6 Å². The number of halogens is 1. The highest BCUT2D eigenvalue weighted by Gasteiger charge is 2.43. The number of aryl methyl sites for hydroxylation is 1. The minimum atomic E-state index is -1.20. The van der Waals surface area contributed by atoms with Crippen molar-refractivity contribution in [2.75, 3.05) is 23.8 Å². The van der Waals surface area contributed by atoms with Gasteiger partial charge in [-0.1, -0.05) is 0 Å². The fourth-order valence-electron chi connectivity index (χ4n) is 5.70. The smallest absolute Gasteiger partial charge is 0.368 e. The van der Waals surface area contributed by atoms with Gasteiger partial charge in [-0.3, -0.25) is 4.90 Å². The van der Waals surface area contributed by atoms with Crippen molar-refractivity contribution < 1.29 is 14.2 Å². The first-order valence-electron chi connectivity index (χ1n) is 13.6. The Kier molecular flexibility index (Phi) is 7.43. The summed E-state index contributed by atoms with van der Waals surface area (Å²) in [7, 11) is 1.44. The van der Waals surface area contributed by atoms with E-state index in [9.17, 15) is 9.90 Å². The molecule has 3 N–H and O–H groups in total. The topological polar surface area (TPSA) is 140 Å². The zero-order valence-corrected chi connectivity index (χ0v) is 23.8. The van der Waals surface area contributed by atoms with Crippen LogP contribution in [0.2, 0.25) is 0 Å². The van der Waals surface area contributed by atoms with Gasteiger partial charge in [0.25, 0.3) is 0 Å². The Labute approximate surface area is 237 Å². The third-order valence-corrected chi connectivity index (χ3v) is 7.51. The van der Waals surface area contributed by atoms with Crippen LogP contribution in [0.25, 0.3) is 10.5 Å². The van der Waals surface area contributed by atoms with Crippen LogP contribution in [0.4, 0.5) is 27.5 Å². The molecule has 41 heavy (non-hydrogen) atoms. The molecule has 0 amide bonds. The Balaban J connectivity index is 1.44. The number of nitrogens with zero attached hydrogens (tertiary/aromatic N) is 8. The second-order valence-electron chi connectivity index (χ2n) is 11.9. The van der Waals surface area contributed by atoms with E-state index in [1.165, 1.54) is 25.7 Å². The van der Waals surface area contributed by atoms with Gasteiger partial charge in [0.1, 0.15) is 23.9 Å². The van der Waals surface area contributed by atoms with Gasteiger partial charge in [0.05, 0.1) is 17.9 Å². The van der Waals surface area contributed by atoms with E-state index in [4.69, 9.17) is 11.3 Å². The second kappa shape index (κ2) is 10.7. The number of hydrogen-bond donors (Lipinski definition) is 3. The first-order chi connectivity index (χ1) is 19.3. The molecule has 2 fully saturated rings. The first kappa shape index (κ1) is 28.4. The molecular formula is C27H35FN10O3. The summed E-state index contributed by atoms with van der Waals surface area (Å²) < 4.78 is 23.0. The van der Waals surface area contributed by atoms with E-state index in [2.05, 4.69) is 54.6 Å². The van der Waals surface area contributed by atoms with Crippen molar-refractivity contribution in [1.82, 2.24) is 34.7 Å². The number of nitrogens with one attached hydrogen (secondary N) is 2. The second-order valence-corrected chi connectivity index (χ2v) is 11.9. The summed E-state index contributed by atoms with van der Waals surface area (Å²) in [5, 5.41) is 24.0. The summed E-state index contributed by atoms with van der Waals surface area (Å²) in [6.45, 7) is 16.1. The molecule has 2 aromatic heterocycles. The maximum absolute atomic E-state index is 15.3. The summed E-state index contributed by atoms with van der Waals surface area (Å²) in [6.07, 6.45) is 5.58. The van der Waals surface area contributed by atoms with E-state index >= 15 is 4.39 Å². The molecule has 2 atom stereocenters. The van der Waals surface area contributed by atoms with E-state index in [-0.39, 0.29) is 46.9 Å². The van der Waals surface area contributed by atoms with E-state index in [0.717, 1.165) is 41.2 Å². The zero-order valence-electron chi connectivity index (χ0n) is 23.8. The number of aliphatic hydroxyl groups is 1. The van der Waals surface area contributed by atoms with Crippen LogP contribution in [0.3, 0.4) is 0 Å². The van der Waals surface area contributed by atoms with Gasteiger partial charge >= 0.3 is 5.69 Å². The molecule has 2 aliphatic heterocycles. The lowest BCUT2D eigenvalue weighted by atomic mass is 9.84. The molecule has 0 radical (unpaired) electrons. The standard InChI is InChI=1S/C27H35FN10O3/c1-26(2)13-16(10-17-8-7-9-37(17)26)31-23-20(29-5)14-30-24(33-23)32-19-12-21(38-25(39)36(6)34-35-38)22(11-18(19)28)41-15-27(3,4)40/h11-12,14,16-17,40H,7-10,13,15H2,1-4,6H3,(H2,30,31,32,33)/t16-,17+/m1/s1. The van der Waals surface area contributed by atoms with Gasteiger partial charge < -0.3 is 20.5 Å². The van der Waals surface area contributed by atoms with Crippen LogP contribution in [0.1, 0.15) is 53.4 Å². The summed E-state index contributed by atoms with van der Waals surface area (Å²) in [5.74, 6) is -0.274. The maximum atomic E-state index is 15.3. The van der Waals surface area contributed by atoms with Crippen molar-refractivity contribution in [3.8, 4) is 11.4 Å². The fraction of sp³-hybridized carbons (Fsp3) is 0.556. The lowest BCUT2D eigenvalue weighted by molar-refractivity contribution is 0.0283. The monoisotopic (exact) mass is 566 g/mol. The van der Waals surface area contributed by atoms with Crippen molar-refractivity contribution in [3.05, 3.63) is 46.0 Å². The van der Waals surface area contributed by atoms with Crippen molar-refractivity contribution in [3.63, 3.8) is 0 Å². The number of rotatable bonds is 8. The Morgan fingerprint density at radius 2 is 2.10 bits per heavy atom. The van der Waals surface area contributed by atoms with Gasteiger partial charge in [0, 0.05) is 36.9 Å². The highest BCUT2D eigenvalue weighted by Crippen LogP contribution is 2.39. The van der Waals surface area contributed by atoms with Crippen LogP contribution in [-0.4, -0.2) is 76.1 Å². The van der Waals surface area contributed by atoms with Crippen LogP contribution < -0.4 is 21.1 Å². The SMILES string of the molecule is [C-]#[N+]c1cnc(Nc2cc(-n3nnn(C)c3=O)c(OCC(C)(C)O)cc2F)nc1N[C@@H]1C[C@@H]2CCCN2C(C)(C)C1. The summed E-state index contributed by atoms with van der Waals surface area (Å²) in [4.78, 5) is 27.5. The molecule has 218 valence electrons. The predicted molar refractivity (Wildman–Crippen MR) is 150 cm³/mol. The largest absolute Gasteiger partial charge is 0.488 e. The number of anilines is 3. The minimum absolute atomic E-state index is 0.00901. The van der Waals surface area contributed by atoms with E-state index < -0.39 is 17.1 Å². The van der Waals surface area contributed by atoms with E-state index in [1.807, 2.05) is 0 Å². The van der Waals surface area contributed by atoms with Crippen molar-refractivity contribution in [2.45, 2.75) is 76.6 Å². The third kappa shape index (κ3) is 6.01. The molecule has 0 unspecified atom stereocenters. The maximum Gasteiger partial charge on any atom is 0.368 e. The predicted octanol–water partition coefficient (Wildman–Crippen LogP) is 3.16. The van der Waals surface area contributed by atoms with Crippen LogP contribution >= 0.6 is 0 Å². The molecule has 0 spiro atoms. The molecule has 4 heterocycles. The van der Waals surface area contributed by atoms with Crippen molar-refractivity contribution in [1.29, 1.82) is 0 Å². The quantitative estimate of drug-likeness (QED) is 0.349. The Bertz CT molecular complexity index is 1540. The third-order valence-electron chi connectivity index (χ3n) is 7.51. The average Bonchev–Trinajstić information content (AvgIpc) is 3.51. The van der Waals surface area contributed by atoms with E-state index in [1.54, 1.807) is 13.8 Å². The molecule has 14 heteroatoms. The number of hydrogen-bond acceptors (Lipinski definition) is 10. The summed E-state index contributed by atoms with van der Waals surface area (Å²) in [5.41, 5.74) is -1.42. The number of tetrazole rings is 1. The highest BCUT2D eigenvalue weighted by atomic mass is 19.1. The van der Waals surface area contributed by atoms with Gasteiger partial charge in [0.15, 0.2) is 5.82 Å². The first-order valence-corrected chi connectivity index (χ1v) is 13.6. The van der Waals surface area contributed by atoms with Gasteiger partial charge in [-0.25, -0.2) is 24.0 Å². The Morgan fingerprint density at radius 1 is 1.32 bits per heavy atom. The van der Waals surface area contributed by atoms with Crippen LogP contribution in [0.5, 0.6) is 5.75 Å². The molecule has 0 saturated carbocycles. The molecule has 5 rings (SSSR count). The minimum Gasteiger partial charge on any atom is -0.488 e. The van der Waals surface area contributed by atoms with Crippen LogP contribution in [-0.2, 0) is 7.05 Å². The van der Waals surface area contributed by atoms with Crippen molar-refractivity contribution in [2.24, 2.45) is 7.05 Å². The number of piperidine rings is 1. The van der Waals surface area contributed by atoms with E-state index in [0.29, 0.717) is 11.9 Å². The fourth-order valence-corrected chi connectivity index (χ4v) is 5.70. The molecule has 2 aliphatic rings. The van der Waals surface area contributed by atoms with Crippen molar-refractivity contribution >= 4 is 23.1 Å². The molecule has 0 aliphatic carbocycles. The zero-order chi connectivity index (χ0) is 29.5. The number of fused-ring (bicyclic) bond motifs is 1. The lowest BCUT2D eigenvalue weighted by Gasteiger charge is -2.48. The van der Waals surface area contributed by atoms with Gasteiger partial charge in [-0.2, -0.15) is 9.36 Å². The summed E-state index contributed by atoms with van der Waals surface area (Å²) >= 11 is 0. The molecule has 1 aromatic carbocycles. The number of aromatic nitrogens is 6. The summed E-state index contributed by atoms with van der Waals surface area (Å²) in [6, 6.07) is 3.03. The molecular weight excluding hydrogens is 531 g/mol. The number of ether oxygens (including phenoxy) is 1. The Hall–Kier alpha value is -4.09.